The number of nitrogens with one attached hydrogen (secondary N) is 1. The van der Waals surface area contributed by atoms with Crippen LogP contribution in [0, 0.1) is 6.92 Å². The Morgan fingerprint density at radius 1 is 0.723 bits per heavy atom. The molecule has 240 valence electrons. The molecular weight excluding hydrogens is 651 g/mol. The van der Waals surface area contributed by atoms with Crippen LogP contribution >= 0.6 is 0 Å². The number of hydrogen-bond acceptors (Lipinski definition) is 11. The van der Waals surface area contributed by atoms with E-state index in [2.05, 4.69) is 25.8 Å². The molecule has 0 atom stereocenters. The Balaban J connectivity index is 1.32. The van der Waals surface area contributed by atoms with E-state index in [1.165, 1.54) is 37.4 Å². The summed E-state index contributed by atoms with van der Waals surface area (Å²) < 4.78 is 71.5. The summed E-state index contributed by atoms with van der Waals surface area (Å²) in [5, 5.41) is 29.0. The highest BCUT2D eigenvalue weighted by molar-refractivity contribution is 7.86. The van der Waals surface area contributed by atoms with Crippen molar-refractivity contribution in [3.05, 3.63) is 102 Å². The molecule has 5 rings (SSSR count). The number of aromatic hydroxyl groups is 1. The molecule has 14 nitrogen and oxygen atoms in total. The maximum atomic E-state index is 12.9. The molecule has 0 unspecified atom stereocenters. The Labute approximate surface area is 268 Å². The van der Waals surface area contributed by atoms with Gasteiger partial charge in [-0.05, 0) is 96.7 Å². The zero-order valence-corrected chi connectivity index (χ0v) is 26.2. The number of azo groups is 2. The molecular formula is C31H25N5O9S2. The molecule has 0 heterocycles. The van der Waals surface area contributed by atoms with Gasteiger partial charge in [-0.1, -0.05) is 6.07 Å². The van der Waals surface area contributed by atoms with Crippen LogP contribution in [0.3, 0.4) is 0 Å². The molecule has 5 aromatic rings. The van der Waals surface area contributed by atoms with Gasteiger partial charge in [0.25, 0.3) is 26.1 Å². The summed E-state index contributed by atoms with van der Waals surface area (Å²) in [5.41, 5.74) is 3.10. The molecule has 0 aliphatic carbocycles. The summed E-state index contributed by atoms with van der Waals surface area (Å²) in [5.74, 6) is -0.00495. The molecule has 0 aliphatic heterocycles. The second-order valence-corrected chi connectivity index (χ2v) is 12.8. The van der Waals surface area contributed by atoms with Crippen LogP contribution < -0.4 is 10.1 Å². The number of nitrogens with zero attached hydrogens (tertiary/aromatic N) is 4. The summed E-state index contributed by atoms with van der Waals surface area (Å²) in [6, 6.07) is 21.6. The summed E-state index contributed by atoms with van der Waals surface area (Å²) in [6.07, 6.45) is 0. The number of carbonyl (C=O) groups excluding carboxylic acids is 1. The van der Waals surface area contributed by atoms with Crippen LogP contribution in [0.25, 0.3) is 10.8 Å². The van der Waals surface area contributed by atoms with Crippen molar-refractivity contribution in [2.75, 3.05) is 12.4 Å². The fraction of sp³-hybridized carbons (Fsp3) is 0.0645. The van der Waals surface area contributed by atoms with Crippen molar-refractivity contribution in [1.82, 2.24) is 0 Å². The van der Waals surface area contributed by atoms with Crippen molar-refractivity contribution in [3.63, 3.8) is 0 Å². The molecule has 0 aromatic heterocycles. The number of carbonyl (C=O) groups is 1. The molecule has 0 bridgehead atoms. The number of hydrogen-bond donors (Lipinski definition) is 4. The highest BCUT2D eigenvalue weighted by Gasteiger charge is 2.20. The van der Waals surface area contributed by atoms with E-state index in [9.17, 15) is 35.8 Å². The van der Waals surface area contributed by atoms with Gasteiger partial charge in [0.1, 0.15) is 16.4 Å². The number of fused-ring (bicyclic) bond motifs is 1. The number of amides is 1. The van der Waals surface area contributed by atoms with Gasteiger partial charge in [-0.3, -0.25) is 13.9 Å². The number of rotatable bonds is 9. The average Bonchev–Trinajstić information content (AvgIpc) is 3.02. The topological polar surface area (TPSA) is 217 Å². The van der Waals surface area contributed by atoms with Crippen LogP contribution in [0.4, 0.5) is 28.4 Å². The summed E-state index contributed by atoms with van der Waals surface area (Å²) in [7, 11) is -8.20. The number of benzene rings is 5. The number of phenolic OH excluding ortho intramolecular Hbond substituents is 1. The first-order valence-electron chi connectivity index (χ1n) is 13.5. The first-order valence-corrected chi connectivity index (χ1v) is 16.3. The zero-order chi connectivity index (χ0) is 33.9. The molecule has 0 saturated carbocycles. The lowest BCUT2D eigenvalue weighted by Gasteiger charge is -2.11. The van der Waals surface area contributed by atoms with E-state index in [1.807, 2.05) is 0 Å². The molecule has 0 spiro atoms. The maximum Gasteiger partial charge on any atom is 0.295 e. The van der Waals surface area contributed by atoms with Crippen LogP contribution in [0.1, 0.15) is 15.9 Å². The second-order valence-electron chi connectivity index (χ2n) is 10.0. The van der Waals surface area contributed by atoms with Crippen molar-refractivity contribution in [2.45, 2.75) is 16.7 Å². The molecule has 0 aliphatic rings. The highest BCUT2D eigenvalue weighted by atomic mass is 32.2. The third-order valence-corrected chi connectivity index (χ3v) is 8.47. The fourth-order valence-electron chi connectivity index (χ4n) is 4.42. The van der Waals surface area contributed by atoms with Crippen LogP contribution in [0.5, 0.6) is 11.5 Å². The van der Waals surface area contributed by atoms with Gasteiger partial charge in [0.05, 0.1) is 40.4 Å². The van der Waals surface area contributed by atoms with Crippen molar-refractivity contribution >= 4 is 65.4 Å². The predicted octanol–water partition coefficient (Wildman–Crippen LogP) is 7.44. The number of methoxy groups -OCH3 is 1. The van der Waals surface area contributed by atoms with Crippen molar-refractivity contribution < 1.29 is 40.6 Å². The molecule has 5 aromatic carbocycles. The lowest BCUT2D eigenvalue weighted by atomic mass is 10.1. The van der Waals surface area contributed by atoms with Crippen molar-refractivity contribution in [3.8, 4) is 11.5 Å². The van der Waals surface area contributed by atoms with Gasteiger partial charge in [-0.25, -0.2) is 0 Å². The number of ether oxygens (including phenoxy) is 1. The minimum atomic E-state index is -4.82. The lowest BCUT2D eigenvalue weighted by Crippen LogP contribution is -2.12. The van der Waals surface area contributed by atoms with Crippen LogP contribution in [0.15, 0.2) is 121 Å². The Bertz CT molecular complexity index is 2310. The van der Waals surface area contributed by atoms with Gasteiger partial charge in [0.2, 0.25) is 0 Å². The maximum absolute atomic E-state index is 12.9. The van der Waals surface area contributed by atoms with Gasteiger partial charge in [0.15, 0.2) is 0 Å². The smallest absolute Gasteiger partial charge is 0.295 e. The average molecular weight is 676 g/mol. The van der Waals surface area contributed by atoms with Gasteiger partial charge >= 0.3 is 0 Å². The van der Waals surface area contributed by atoms with Gasteiger partial charge in [0, 0.05) is 17.0 Å². The third kappa shape index (κ3) is 7.82. The van der Waals surface area contributed by atoms with Crippen LogP contribution in [0.2, 0.25) is 0 Å². The molecule has 1 amide bonds. The standard InChI is InChI=1S/C31H25N5O9S2/c1-18-13-24(37)9-12-27(18)36-33-21-5-3-19(4-6-21)31(38)32-28-11-8-23(16-29(28)45-2)35-34-22-7-10-26-20(14-22)15-25(46(39,40)41)17-30(26)47(42,43)44/h3-17,37H,1-2H3,(H,32,38)(H,39,40,41)(H,42,43,44). The number of anilines is 1. The summed E-state index contributed by atoms with van der Waals surface area (Å²) in [6.45, 7) is 1.80. The molecule has 16 heteroatoms. The molecule has 47 heavy (non-hydrogen) atoms. The van der Waals surface area contributed by atoms with Crippen molar-refractivity contribution in [2.24, 2.45) is 20.5 Å². The molecule has 0 fully saturated rings. The monoisotopic (exact) mass is 675 g/mol. The van der Waals surface area contributed by atoms with Crippen molar-refractivity contribution in [1.29, 1.82) is 0 Å². The Morgan fingerprint density at radius 3 is 2.00 bits per heavy atom. The number of aryl methyl sites for hydroxylation is 1. The fourth-order valence-corrected chi connectivity index (χ4v) is 5.78. The second kappa shape index (κ2) is 13.1. The lowest BCUT2D eigenvalue weighted by molar-refractivity contribution is 0.102. The normalized spacial score (nSPS) is 12.2. The molecule has 4 N–H and O–H groups in total. The van der Waals surface area contributed by atoms with Crippen LogP contribution in [-0.4, -0.2) is 44.1 Å². The van der Waals surface area contributed by atoms with E-state index < -0.39 is 35.9 Å². The van der Waals surface area contributed by atoms with E-state index >= 15 is 0 Å². The Morgan fingerprint density at radius 2 is 1.36 bits per heavy atom. The van der Waals surface area contributed by atoms with Gasteiger partial charge in [-0.2, -0.15) is 37.3 Å². The van der Waals surface area contributed by atoms with E-state index in [1.54, 1.807) is 55.5 Å². The Kier molecular flexibility index (Phi) is 9.12. The van der Waals surface area contributed by atoms with E-state index in [-0.39, 0.29) is 28.0 Å². The van der Waals surface area contributed by atoms with E-state index in [0.717, 1.165) is 11.6 Å². The third-order valence-electron chi connectivity index (χ3n) is 6.74. The minimum absolute atomic E-state index is 0.00353. The van der Waals surface area contributed by atoms with Crippen LogP contribution in [-0.2, 0) is 20.2 Å². The first kappa shape index (κ1) is 32.8. The number of phenols is 1. The largest absolute Gasteiger partial charge is 0.508 e. The van der Waals surface area contributed by atoms with Gasteiger partial charge in [-0.15, -0.1) is 0 Å². The molecule has 0 saturated heterocycles. The first-order chi connectivity index (χ1) is 22.2. The quantitative estimate of drug-likeness (QED) is 0.0900. The molecule has 0 radical (unpaired) electrons. The van der Waals surface area contributed by atoms with Gasteiger partial charge < -0.3 is 15.2 Å². The predicted molar refractivity (Wildman–Crippen MR) is 172 cm³/mol. The zero-order valence-electron chi connectivity index (χ0n) is 24.6. The minimum Gasteiger partial charge on any atom is -0.508 e. The van der Waals surface area contributed by atoms with E-state index in [0.29, 0.717) is 34.4 Å². The van der Waals surface area contributed by atoms with E-state index in [4.69, 9.17) is 4.74 Å². The summed E-state index contributed by atoms with van der Waals surface area (Å²) >= 11 is 0. The summed E-state index contributed by atoms with van der Waals surface area (Å²) in [4.78, 5) is 11.5. The Hall–Kier alpha value is -5.55. The highest BCUT2D eigenvalue weighted by Crippen LogP contribution is 2.33. The SMILES string of the molecule is COc1cc(N=Nc2ccc3c(S(=O)(=O)O)cc(S(=O)(=O)O)cc3c2)ccc1NC(=O)c1ccc(N=Nc2ccc(O)cc2C)cc1.